The van der Waals surface area contributed by atoms with Gasteiger partial charge in [0.05, 0.1) is 25.0 Å². The maximum atomic E-state index is 12.5. The number of nitrogens with one attached hydrogen (secondary N) is 1. The number of furan rings is 1. The first-order chi connectivity index (χ1) is 15.1. The molecule has 0 atom stereocenters. The summed E-state index contributed by atoms with van der Waals surface area (Å²) in [5, 5.41) is 7.12. The van der Waals surface area contributed by atoms with Crippen molar-refractivity contribution in [3.05, 3.63) is 65.9 Å². The van der Waals surface area contributed by atoms with Gasteiger partial charge in [-0.25, -0.2) is 9.78 Å². The fraction of sp³-hybridized carbons (Fsp3) is 0.350. The van der Waals surface area contributed by atoms with Crippen molar-refractivity contribution in [1.82, 2.24) is 24.3 Å². The first-order valence-corrected chi connectivity index (χ1v) is 9.62. The maximum Gasteiger partial charge on any atom is 0.490 e. The summed E-state index contributed by atoms with van der Waals surface area (Å²) in [5.74, 6) is -0.856. The number of carbonyl (C=O) groups excluding carboxylic acids is 1. The van der Waals surface area contributed by atoms with Gasteiger partial charge in [-0.2, -0.15) is 13.2 Å². The molecule has 0 saturated carbocycles. The Kier molecular flexibility index (Phi) is 7.03. The third kappa shape index (κ3) is 6.00. The summed E-state index contributed by atoms with van der Waals surface area (Å²) in [6, 6.07) is 7.51. The number of rotatable bonds is 5. The van der Waals surface area contributed by atoms with E-state index in [4.69, 9.17) is 19.3 Å². The Bertz CT molecular complexity index is 1030. The van der Waals surface area contributed by atoms with Crippen molar-refractivity contribution in [3.8, 4) is 0 Å². The Hall–Kier alpha value is -3.54. The number of hydrogen-bond acceptors (Lipinski definition) is 5. The fourth-order valence-corrected chi connectivity index (χ4v) is 3.20. The van der Waals surface area contributed by atoms with Gasteiger partial charge in [-0.3, -0.25) is 9.69 Å². The molecule has 3 aromatic rings. The minimum absolute atomic E-state index is 0.0238. The minimum Gasteiger partial charge on any atom is -0.475 e. The van der Waals surface area contributed by atoms with E-state index in [0.29, 0.717) is 18.8 Å². The Morgan fingerprint density at radius 3 is 2.59 bits per heavy atom. The highest BCUT2D eigenvalue weighted by Gasteiger charge is 2.38. The van der Waals surface area contributed by atoms with E-state index < -0.39 is 12.1 Å². The monoisotopic (exact) mass is 453 g/mol. The predicted molar refractivity (Wildman–Crippen MR) is 105 cm³/mol. The van der Waals surface area contributed by atoms with E-state index in [2.05, 4.69) is 20.6 Å². The number of aromatic nitrogens is 3. The standard InChI is InChI=1S/C18H21N5O2.C2HF3O2/c1-21(12-15-4-3-9-25-15)10-14-11-22-7-8-23(13-17(22)20-14)18(24)16-5-2-6-19-16;3-2(4,5)1(6)7/h2-6,9,11,19H,7-8,10,12-13H2,1H3;(H,6,7). The molecule has 0 fully saturated rings. The molecule has 32 heavy (non-hydrogen) atoms. The fourth-order valence-electron chi connectivity index (χ4n) is 3.20. The summed E-state index contributed by atoms with van der Waals surface area (Å²) in [6.45, 7) is 3.50. The second kappa shape index (κ2) is 9.73. The van der Waals surface area contributed by atoms with Crippen LogP contribution < -0.4 is 0 Å². The van der Waals surface area contributed by atoms with Crippen LogP contribution in [0.15, 0.2) is 47.3 Å². The lowest BCUT2D eigenvalue weighted by Crippen LogP contribution is -2.38. The number of hydrogen-bond donors (Lipinski definition) is 2. The zero-order valence-corrected chi connectivity index (χ0v) is 17.2. The number of nitrogens with zero attached hydrogens (tertiary/aromatic N) is 4. The van der Waals surface area contributed by atoms with Crippen molar-refractivity contribution in [2.24, 2.45) is 0 Å². The molecular formula is C20H22F3N5O4. The lowest BCUT2D eigenvalue weighted by molar-refractivity contribution is -0.192. The van der Waals surface area contributed by atoms with E-state index >= 15 is 0 Å². The first-order valence-electron chi connectivity index (χ1n) is 9.62. The zero-order chi connectivity index (χ0) is 23.3. The number of amides is 1. The lowest BCUT2D eigenvalue weighted by atomic mass is 10.3. The lowest BCUT2D eigenvalue weighted by Gasteiger charge is -2.27. The van der Waals surface area contributed by atoms with E-state index in [0.717, 1.165) is 36.9 Å². The molecule has 1 aliphatic heterocycles. The summed E-state index contributed by atoms with van der Waals surface area (Å²) >= 11 is 0. The number of H-pyrrole nitrogens is 1. The van der Waals surface area contributed by atoms with Crippen LogP contribution in [0.3, 0.4) is 0 Å². The van der Waals surface area contributed by atoms with Crippen LogP contribution in [0, 0.1) is 0 Å². The van der Waals surface area contributed by atoms with Gasteiger partial charge in [0.15, 0.2) is 0 Å². The highest BCUT2D eigenvalue weighted by Crippen LogP contribution is 2.17. The van der Waals surface area contributed by atoms with Crippen molar-refractivity contribution < 1.29 is 32.3 Å². The highest BCUT2D eigenvalue weighted by atomic mass is 19.4. The molecule has 172 valence electrons. The van der Waals surface area contributed by atoms with E-state index in [1.807, 2.05) is 30.1 Å². The number of carbonyl (C=O) groups is 2. The molecule has 9 nitrogen and oxygen atoms in total. The molecule has 12 heteroatoms. The highest BCUT2D eigenvalue weighted by molar-refractivity contribution is 5.92. The molecule has 4 heterocycles. The van der Waals surface area contributed by atoms with E-state index in [9.17, 15) is 18.0 Å². The SMILES string of the molecule is CN(Cc1cn2c(n1)CN(C(=O)c1ccc[nH]1)CC2)Cc1ccco1.O=C(O)C(F)(F)F. The van der Waals surface area contributed by atoms with Crippen molar-refractivity contribution in [2.45, 2.75) is 32.4 Å². The third-order valence-electron chi connectivity index (χ3n) is 4.65. The molecule has 3 aromatic heterocycles. The van der Waals surface area contributed by atoms with E-state index in [1.54, 1.807) is 18.5 Å². The second-order valence-corrected chi connectivity index (χ2v) is 7.21. The number of alkyl halides is 3. The van der Waals surface area contributed by atoms with Gasteiger partial charge < -0.3 is 24.0 Å². The number of fused-ring (bicyclic) bond motifs is 1. The molecule has 0 radical (unpaired) electrons. The van der Waals surface area contributed by atoms with Gasteiger partial charge in [0.1, 0.15) is 17.3 Å². The van der Waals surface area contributed by atoms with Gasteiger partial charge in [0.2, 0.25) is 0 Å². The summed E-state index contributed by atoms with van der Waals surface area (Å²) in [6.07, 6.45) is 0.462. The third-order valence-corrected chi connectivity index (χ3v) is 4.65. The van der Waals surface area contributed by atoms with Crippen LogP contribution in [-0.2, 0) is 31.0 Å². The minimum atomic E-state index is -5.08. The molecule has 0 saturated heterocycles. The van der Waals surface area contributed by atoms with Crippen molar-refractivity contribution in [2.75, 3.05) is 13.6 Å². The molecule has 0 aliphatic carbocycles. The van der Waals surface area contributed by atoms with Crippen molar-refractivity contribution in [1.29, 1.82) is 0 Å². The quantitative estimate of drug-likeness (QED) is 0.615. The van der Waals surface area contributed by atoms with Gasteiger partial charge in [0, 0.05) is 32.0 Å². The molecule has 1 amide bonds. The molecule has 0 aromatic carbocycles. The number of imidazole rings is 1. The Balaban J connectivity index is 0.000000360. The van der Waals surface area contributed by atoms with Gasteiger partial charge in [-0.05, 0) is 31.3 Å². The first kappa shape index (κ1) is 23.1. The summed E-state index contributed by atoms with van der Waals surface area (Å²) in [7, 11) is 2.04. The van der Waals surface area contributed by atoms with Crippen molar-refractivity contribution in [3.63, 3.8) is 0 Å². The van der Waals surface area contributed by atoms with Crippen LogP contribution in [-0.4, -0.2) is 61.1 Å². The van der Waals surface area contributed by atoms with E-state index in [-0.39, 0.29) is 5.91 Å². The number of halogens is 3. The molecule has 2 N–H and O–H groups in total. The van der Waals surface area contributed by atoms with Crippen LogP contribution in [0.5, 0.6) is 0 Å². The largest absolute Gasteiger partial charge is 0.490 e. The maximum absolute atomic E-state index is 12.5. The smallest absolute Gasteiger partial charge is 0.475 e. The number of carboxylic acid groups (broad SMARTS) is 1. The van der Waals surface area contributed by atoms with Gasteiger partial charge in [-0.1, -0.05) is 0 Å². The topological polar surface area (TPSA) is 108 Å². The second-order valence-electron chi connectivity index (χ2n) is 7.21. The number of carboxylic acids is 1. The number of aliphatic carboxylic acids is 1. The summed E-state index contributed by atoms with van der Waals surface area (Å²) in [4.78, 5) is 33.1. The van der Waals surface area contributed by atoms with Gasteiger partial charge in [-0.15, -0.1) is 0 Å². The van der Waals surface area contributed by atoms with Crippen LogP contribution in [0.2, 0.25) is 0 Å². The van der Waals surface area contributed by atoms with Gasteiger partial charge >= 0.3 is 12.1 Å². The Morgan fingerprint density at radius 2 is 2.00 bits per heavy atom. The zero-order valence-electron chi connectivity index (χ0n) is 17.2. The van der Waals surface area contributed by atoms with Crippen molar-refractivity contribution >= 4 is 11.9 Å². The van der Waals surface area contributed by atoms with Crippen LogP contribution >= 0.6 is 0 Å². The molecule has 1 aliphatic rings. The summed E-state index contributed by atoms with van der Waals surface area (Å²) in [5.41, 5.74) is 1.64. The average molecular weight is 453 g/mol. The Labute approximate surface area is 181 Å². The Morgan fingerprint density at radius 1 is 1.25 bits per heavy atom. The molecule has 0 unspecified atom stereocenters. The van der Waals surface area contributed by atoms with Crippen LogP contribution in [0.25, 0.3) is 0 Å². The van der Waals surface area contributed by atoms with Crippen LogP contribution in [0.4, 0.5) is 13.2 Å². The normalized spacial score (nSPS) is 13.5. The molecular weight excluding hydrogens is 431 g/mol. The average Bonchev–Trinajstić information content (AvgIpc) is 3.48. The molecule has 0 bridgehead atoms. The summed E-state index contributed by atoms with van der Waals surface area (Å²) < 4.78 is 39.3. The molecule has 4 rings (SSSR count). The molecule has 0 spiro atoms. The number of aromatic amines is 1. The van der Waals surface area contributed by atoms with E-state index in [1.165, 1.54) is 0 Å². The van der Waals surface area contributed by atoms with Gasteiger partial charge in [0.25, 0.3) is 5.91 Å². The van der Waals surface area contributed by atoms with Crippen LogP contribution in [0.1, 0.15) is 27.8 Å². The predicted octanol–water partition coefficient (Wildman–Crippen LogP) is 2.73.